The Morgan fingerprint density at radius 3 is 1.65 bits per heavy atom. The molecule has 0 N–H and O–H groups in total. The first-order valence-corrected chi connectivity index (χ1v) is 8.74. The van der Waals surface area contributed by atoms with Crippen LogP contribution in [0.15, 0.2) is 57.8 Å². The van der Waals surface area contributed by atoms with Crippen LogP contribution in [0.2, 0.25) is 0 Å². The molecule has 0 saturated heterocycles. The van der Waals surface area contributed by atoms with Crippen LogP contribution in [-0.4, -0.2) is 23.3 Å². The topological polar surface area (TPSA) is 51.2 Å². The number of hydrogen-bond acceptors (Lipinski definition) is 6. The third-order valence-corrected chi connectivity index (χ3v) is 4.76. The SMILES string of the molecule is c1coc(CN2COc3cc4c(cc3C2)OCN(Cc2ccco2)C4)c1. The molecule has 0 saturated carbocycles. The van der Waals surface area contributed by atoms with Crippen molar-refractivity contribution in [2.75, 3.05) is 13.5 Å². The molecule has 3 aromatic rings. The van der Waals surface area contributed by atoms with Gasteiger partial charge in [0.05, 0.1) is 25.6 Å². The van der Waals surface area contributed by atoms with Crippen LogP contribution in [0.25, 0.3) is 0 Å². The Hall–Kier alpha value is -2.70. The van der Waals surface area contributed by atoms with E-state index < -0.39 is 0 Å². The lowest BCUT2D eigenvalue weighted by molar-refractivity contribution is 0.0725. The van der Waals surface area contributed by atoms with Crippen LogP contribution in [0.5, 0.6) is 11.5 Å². The van der Waals surface area contributed by atoms with E-state index in [2.05, 4.69) is 21.9 Å². The highest BCUT2D eigenvalue weighted by Gasteiger charge is 2.24. The zero-order valence-corrected chi connectivity index (χ0v) is 14.4. The Morgan fingerprint density at radius 2 is 1.23 bits per heavy atom. The van der Waals surface area contributed by atoms with Gasteiger partial charge in [0.15, 0.2) is 0 Å². The number of rotatable bonds is 4. The van der Waals surface area contributed by atoms with Crippen molar-refractivity contribution in [2.45, 2.75) is 26.2 Å². The first-order valence-electron chi connectivity index (χ1n) is 8.74. The zero-order valence-electron chi connectivity index (χ0n) is 14.4. The van der Waals surface area contributed by atoms with E-state index in [0.717, 1.165) is 60.3 Å². The smallest absolute Gasteiger partial charge is 0.142 e. The first-order chi connectivity index (χ1) is 12.8. The molecule has 0 atom stereocenters. The fourth-order valence-electron chi connectivity index (χ4n) is 3.50. The second-order valence-electron chi connectivity index (χ2n) is 6.75. The Labute approximate surface area is 151 Å². The lowest BCUT2D eigenvalue weighted by atomic mass is 10.1. The van der Waals surface area contributed by atoms with E-state index in [0.29, 0.717) is 13.5 Å². The fourth-order valence-corrected chi connectivity index (χ4v) is 3.50. The summed E-state index contributed by atoms with van der Waals surface area (Å²) in [5.74, 6) is 3.78. The maximum Gasteiger partial charge on any atom is 0.142 e. The first kappa shape index (κ1) is 15.5. The van der Waals surface area contributed by atoms with Crippen LogP contribution < -0.4 is 9.47 Å². The summed E-state index contributed by atoms with van der Waals surface area (Å²) in [6.07, 6.45) is 3.40. The predicted octanol–water partition coefficient (Wildman–Crippen LogP) is 3.58. The summed E-state index contributed by atoms with van der Waals surface area (Å²) in [5, 5.41) is 0. The number of hydrogen-bond donors (Lipinski definition) is 0. The standard InChI is InChI=1S/C20H20N2O4/c1-3-17(23-5-1)11-21-9-15-7-20-16(8-19(15)25-13-21)10-22(14-26-20)12-18-4-2-6-24-18/h1-8H,9-14H2. The summed E-state index contributed by atoms with van der Waals surface area (Å²) in [6.45, 7) is 4.24. The van der Waals surface area contributed by atoms with E-state index in [1.165, 1.54) is 0 Å². The molecule has 0 bridgehead atoms. The molecule has 6 nitrogen and oxygen atoms in total. The maximum atomic E-state index is 5.98. The van der Waals surface area contributed by atoms with Crippen LogP contribution in [0.1, 0.15) is 22.6 Å². The lowest BCUT2D eigenvalue weighted by Crippen LogP contribution is -2.33. The van der Waals surface area contributed by atoms with Gasteiger partial charge in [0.25, 0.3) is 0 Å². The molecule has 5 rings (SSSR count). The summed E-state index contributed by atoms with van der Waals surface area (Å²) in [4.78, 5) is 4.42. The number of benzene rings is 1. The van der Waals surface area contributed by atoms with Gasteiger partial charge in [-0.3, -0.25) is 9.80 Å². The van der Waals surface area contributed by atoms with Crippen LogP contribution in [-0.2, 0) is 26.2 Å². The fraction of sp³-hybridized carbons (Fsp3) is 0.300. The average Bonchev–Trinajstić information content (AvgIpc) is 3.34. The number of nitrogens with zero attached hydrogens (tertiary/aromatic N) is 2. The van der Waals surface area contributed by atoms with Crippen molar-refractivity contribution in [1.82, 2.24) is 9.80 Å². The molecule has 26 heavy (non-hydrogen) atoms. The molecule has 1 aromatic carbocycles. The summed E-state index contributed by atoms with van der Waals surface area (Å²) in [5.41, 5.74) is 2.31. The highest BCUT2D eigenvalue weighted by molar-refractivity contribution is 5.47. The van der Waals surface area contributed by atoms with Crippen molar-refractivity contribution in [3.8, 4) is 11.5 Å². The third-order valence-electron chi connectivity index (χ3n) is 4.76. The minimum Gasteiger partial charge on any atom is -0.478 e. The second-order valence-corrected chi connectivity index (χ2v) is 6.75. The molecule has 0 spiro atoms. The quantitative estimate of drug-likeness (QED) is 0.715. The van der Waals surface area contributed by atoms with Gasteiger partial charge in [-0.15, -0.1) is 0 Å². The normalized spacial score (nSPS) is 17.2. The van der Waals surface area contributed by atoms with Crippen molar-refractivity contribution in [3.63, 3.8) is 0 Å². The molecule has 2 aromatic heterocycles. The molecular formula is C20H20N2O4. The van der Waals surface area contributed by atoms with Gasteiger partial charge in [-0.2, -0.15) is 0 Å². The van der Waals surface area contributed by atoms with Gasteiger partial charge >= 0.3 is 0 Å². The van der Waals surface area contributed by atoms with Crippen molar-refractivity contribution in [2.24, 2.45) is 0 Å². The molecule has 4 heterocycles. The van der Waals surface area contributed by atoms with E-state index in [4.69, 9.17) is 18.3 Å². The molecule has 2 aliphatic rings. The summed E-state index contributed by atoms with van der Waals surface area (Å²) in [6, 6.07) is 12.0. The Balaban J connectivity index is 1.30. The monoisotopic (exact) mass is 352 g/mol. The summed E-state index contributed by atoms with van der Waals surface area (Å²) < 4.78 is 22.8. The van der Waals surface area contributed by atoms with Crippen LogP contribution in [0.4, 0.5) is 0 Å². The number of furan rings is 2. The molecule has 2 aliphatic heterocycles. The Bertz CT molecular complexity index is 800. The predicted molar refractivity (Wildman–Crippen MR) is 93.3 cm³/mol. The zero-order chi connectivity index (χ0) is 17.3. The summed E-state index contributed by atoms with van der Waals surface area (Å²) in [7, 11) is 0. The molecular weight excluding hydrogens is 332 g/mol. The third kappa shape index (κ3) is 3.09. The highest BCUT2D eigenvalue weighted by atomic mass is 16.5. The van der Waals surface area contributed by atoms with Gasteiger partial charge in [0.2, 0.25) is 0 Å². The minimum absolute atomic E-state index is 0.559. The molecule has 134 valence electrons. The van der Waals surface area contributed by atoms with Gasteiger partial charge in [-0.1, -0.05) is 0 Å². The van der Waals surface area contributed by atoms with Crippen LogP contribution in [0.3, 0.4) is 0 Å². The van der Waals surface area contributed by atoms with Gasteiger partial charge in [-0.05, 0) is 36.4 Å². The van der Waals surface area contributed by atoms with E-state index in [-0.39, 0.29) is 0 Å². The number of ether oxygens (including phenoxy) is 2. The molecule has 0 amide bonds. The van der Waals surface area contributed by atoms with Crippen molar-refractivity contribution in [3.05, 3.63) is 71.6 Å². The number of fused-ring (bicyclic) bond motifs is 2. The average molecular weight is 352 g/mol. The van der Waals surface area contributed by atoms with E-state index >= 15 is 0 Å². The second kappa shape index (κ2) is 6.55. The molecule has 0 fully saturated rings. The molecule has 0 aliphatic carbocycles. The van der Waals surface area contributed by atoms with Gasteiger partial charge in [0.1, 0.15) is 36.5 Å². The Kier molecular flexibility index (Phi) is 3.92. The Morgan fingerprint density at radius 1 is 0.731 bits per heavy atom. The van der Waals surface area contributed by atoms with E-state index in [1.807, 2.05) is 24.3 Å². The molecule has 0 unspecified atom stereocenters. The molecule has 6 heteroatoms. The van der Waals surface area contributed by atoms with Crippen molar-refractivity contribution >= 4 is 0 Å². The van der Waals surface area contributed by atoms with E-state index in [9.17, 15) is 0 Å². The van der Waals surface area contributed by atoms with Crippen molar-refractivity contribution in [1.29, 1.82) is 0 Å². The summed E-state index contributed by atoms with van der Waals surface area (Å²) >= 11 is 0. The van der Waals surface area contributed by atoms with Crippen molar-refractivity contribution < 1.29 is 18.3 Å². The lowest BCUT2D eigenvalue weighted by Gasteiger charge is -2.32. The van der Waals surface area contributed by atoms with Gasteiger partial charge < -0.3 is 18.3 Å². The molecule has 0 radical (unpaired) electrons. The van der Waals surface area contributed by atoms with E-state index in [1.54, 1.807) is 12.5 Å². The largest absolute Gasteiger partial charge is 0.478 e. The maximum absolute atomic E-state index is 5.98. The van der Waals surface area contributed by atoms with Crippen LogP contribution in [0, 0.1) is 0 Å². The van der Waals surface area contributed by atoms with Gasteiger partial charge in [-0.25, -0.2) is 0 Å². The van der Waals surface area contributed by atoms with Gasteiger partial charge in [0, 0.05) is 24.2 Å². The minimum atomic E-state index is 0.559. The van der Waals surface area contributed by atoms with Crippen LogP contribution >= 0.6 is 0 Å². The highest BCUT2D eigenvalue weighted by Crippen LogP contribution is 2.35.